The van der Waals surface area contributed by atoms with Crippen LogP contribution < -0.4 is 10.6 Å². The van der Waals surface area contributed by atoms with Gasteiger partial charge in [0.25, 0.3) is 0 Å². The summed E-state index contributed by atoms with van der Waals surface area (Å²) in [6.07, 6.45) is 2.22. The number of hydrogen-bond donors (Lipinski definition) is 4. The van der Waals surface area contributed by atoms with Gasteiger partial charge in [-0.05, 0) is 45.9 Å². The highest BCUT2D eigenvalue weighted by Gasteiger charge is 2.27. The molecule has 1 unspecified atom stereocenters. The summed E-state index contributed by atoms with van der Waals surface area (Å²) >= 11 is 0. The van der Waals surface area contributed by atoms with Gasteiger partial charge in [-0.1, -0.05) is 0 Å². The van der Waals surface area contributed by atoms with Crippen LogP contribution in [0.2, 0.25) is 0 Å². The molecule has 30 heavy (non-hydrogen) atoms. The first kappa shape index (κ1) is 23.9. The molecule has 4 N–H and O–H groups in total. The number of hydrogen-bond acceptors (Lipinski definition) is 6. The van der Waals surface area contributed by atoms with Gasteiger partial charge in [-0.3, -0.25) is 5.10 Å². The van der Waals surface area contributed by atoms with Crippen LogP contribution in [-0.4, -0.2) is 45.9 Å². The van der Waals surface area contributed by atoms with Gasteiger partial charge in [0.05, 0.1) is 12.8 Å². The van der Waals surface area contributed by atoms with E-state index in [1.807, 2.05) is 32.9 Å². The van der Waals surface area contributed by atoms with Gasteiger partial charge in [0.2, 0.25) is 5.82 Å². The molecule has 9 nitrogen and oxygen atoms in total. The maximum absolute atomic E-state index is 10.8. The Bertz CT molecular complexity index is 946. The normalized spacial score (nSPS) is 13.6. The SMILES string of the molecule is CCNC(=NCC(C)(O)c1cc(C)oc1C)NCCc1nc(-c2ccco2)n[nH]1.I. The number of aliphatic hydroxyl groups is 1. The minimum atomic E-state index is -1.12. The molecule has 0 bridgehead atoms. The number of halogens is 1. The molecule has 3 aromatic heterocycles. The fourth-order valence-corrected chi connectivity index (χ4v) is 3.05. The maximum Gasteiger partial charge on any atom is 0.216 e. The smallest absolute Gasteiger partial charge is 0.216 e. The van der Waals surface area contributed by atoms with E-state index in [0.29, 0.717) is 42.8 Å². The number of aliphatic imine (C=N–C) groups is 1. The molecule has 10 heteroatoms. The van der Waals surface area contributed by atoms with Crippen LogP contribution in [-0.2, 0) is 12.0 Å². The number of rotatable bonds is 8. The van der Waals surface area contributed by atoms with Gasteiger partial charge in [0.15, 0.2) is 11.7 Å². The fraction of sp³-hybridized carbons (Fsp3) is 0.450. The molecule has 0 amide bonds. The summed E-state index contributed by atoms with van der Waals surface area (Å²) in [4.78, 5) is 8.95. The zero-order valence-corrected chi connectivity index (χ0v) is 20.0. The zero-order valence-electron chi connectivity index (χ0n) is 17.7. The van der Waals surface area contributed by atoms with Crippen molar-refractivity contribution < 1.29 is 13.9 Å². The van der Waals surface area contributed by atoms with Crippen molar-refractivity contribution in [3.05, 3.63) is 47.4 Å². The van der Waals surface area contributed by atoms with Crippen LogP contribution in [0.1, 0.15) is 36.8 Å². The summed E-state index contributed by atoms with van der Waals surface area (Å²) in [6.45, 7) is 8.95. The van der Waals surface area contributed by atoms with E-state index in [9.17, 15) is 5.11 Å². The summed E-state index contributed by atoms with van der Waals surface area (Å²) in [5.74, 6) is 4.01. The average molecular weight is 528 g/mol. The lowest BCUT2D eigenvalue weighted by Crippen LogP contribution is -2.39. The highest BCUT2D eigenvalue weighted by atomic mass is 127. The molecular weight excluding hydrogens is 499 g/mol. The summed E-state index contributed by atoms with van der Waals surface area (Å²) in [7, 11) is 0. The molecule has 0 aliphatic rings. The highest BCUT2D eigenvalue weighted by Crippen LogP contribution is 2.27. The first-order chi connectivity index (χ1) is 13.9. The van der Waals surface area contributed by atoms with Crippen LogP contribution in [0.15, 0.2) is 38.3 Å². The summed E-state index contributed by atoms with van der Waals surface area (Å²) in [5, 5.41) is 24.3. The Kier molecular flexibility index (Phi) is 8.47. The predicted octanol–water partition coefficient (Wildman–Crippen LogP) is 2.90. The molecule has 0 fully saturated rings. The van der Waals surface area contributed by atoms with Gasteiger partial charge >= 0.3 is 0 Å². The molecule has 3 heterocycles. The highest BCUT2D eigenvalue weighted by molar-refractivity contribution is 14.0. The van der Waals surface area contributed by atoms with E-state index < -0.39 is 5.60 Å². The Hall–Kier alpha value is -2.34. The molecule has 3 rings (SSSR count). The largest absolute Gasteiger partial charge is 0.466 e. The van der Waals surface area contributed by atoms with Crippen LogP contribution in [0, 0.1) is 13.8 Å². The molecule has 0 aromatic carbocycles. The second-order valence-corrected chi connectivity index (χ2v) is 7.06. The standard InChI is InChI=1S/C20H28N6O3.HI/c1-5-21-19(23-12-20(4,27)15-11-13(2)29-14(15)3)22-9-8-17-24-18(26-25-17)16-7-6-10-28-16;/h6-7,10-11,27H,5,8-9,12H2,1-4H3,(H2,21,22,23)(H,24,25,26);1H. The van der Waals surface area contributed by atoms with E-state index in [1.165, 1.54) is 0 Å². The van der Waals surface area contributed by atoms with E-state index in [0.717, 1.165) is 17.1 Å². The molecule has 3 aromatic rings. The van der Waals surface area contributed by atoms with Crippen molar-refractivity contribution >= 4 is 29.9 Å². The molecule has 0 radical (unpaired) electrons. The van der Waals surface area contributed by atoms with E-state index in [4.69, 9.17) is 8.83 Å². The number of aryl methyl sites for hydroxylation is 2. The number of aromatic nitrogens is 3. The van der Waals surface area contributed by atoms with E-state index >= 15 is 0 Å². The number of guanidine groups is 1. The third-order valence-electron chi connectivity index (χ3n) is 4.44. The first-order valence-corrected chi connectivity index (χ1v) is 9.66. The molecule has 164 valence electrons. The number of aromatic amines is 1. The van der Waals surface area contributed by atoms with Gasteiger partial charge in [0.1, 0.15) is 22.9 Å². The molecule has 0 aliphatic carbocycles. The number of H-pyrrole nitrogens is 1. The molecule has 0 saturated heterocycles. The van der Waals surface area contributed by atoms with Gasteiger partial charge in [-0.15, -0.1) is 24.0 Å². The Labute approximate surface area is 192 Å². The molecule has 0 saturated carbocycles. The third-order valence-corrected chi connectivity index (χ3v) is 4.44. The number of furan rings is 2. The van der Waals surface area contributed by atoms with Crippen molar-refractivity contribution in [1.82, 2.24) is 25.8 Å². The molecule has 0 spiro atoms. The van der Waals surface area contributed by atoms with E-state index in [1.54, 1.807) is 19.3 Å². The van der Waals surface area contributed by atoms with Crippen molar-refractivity contribution in [2.45, 2.75) is 39.7 Å². The Morgan fingerprint density at radius 2 is 2.13 bits per heavy atom. The van der Waals surface area contributed by atoms with Gasteiger partial charge in [-0.2, -0.15) is 5.10 Å². The van der Waals surface area contributed by atoms with Gasteiger partial charge in [-0.25, -0.2) is 9.98 Å². The summed E-state index contributed by atoms with van der Waals surface area (Å²) in [6, 6.07) is 5.47. The Balaban J connectivity index is 0.00000320. The number of nitrogens with zero attached hydrogens (tertiary/aromatic N) is 3. The van der Waals surface area contributed by atoms with Crippen LogP contribution in [0.25, 0.3) is 11.6 Å². The molecule has 1 atom stereocenters. The van der Waals surface area contributed by atoms with E-state index in [2.05, 4.69) is 30.8 Å². The number of nitrogens with one attached hydrogen (secondary N) is 3. The summed E-state index contributed by atoms with van der Waals surface area (Å²) in [5.41, 5.74) is -0.366. The lowest BCUT2D eigenvalue weighted by Gasteiger charge is -2.21. The topological polar surface area (TPSA) is 124 Å². The Morgan fingerprint density at radius 3 is 2.77 bits per heavy atom. The van der Waals surface area contributed by atoms with E-state index in [-0.39, 0.29) is 30.5 Å². The van der Waals surface area contributed by atoms with Crippen LogP contribution in [0.5, 0.6) is 0 Å². The van der Waals surface area contributed by atoms with Crippen molar-refractivity contribution in [1.29, 1.82) is 0 Å². The van der Waals surface area contributed by atoms with Gasteiger partial charge in [0, 0.05) is 25.1 Å². The van der Waals surface area contributed by atoms with Crippen LogP contribution >= 0.6 is 24.0 Å². The van der Waals surface area contributed by atoms with Gasteiger partial charge < -0.3 is 24.6 Å². The average Bonchev–Trinajstić information content (AvgIpc) is 3.40. The van der Waals surface area contributed by atoms with Crippen molar-refractivity contribution in [2.24, 2.45) is 4.99 Å². The van der Waals surface area contributed by atoms with Crippen molar-refractivity contribution in [3.63, 3.8) is 0 Å². The second kappa shape index (κ2) is 10.6. The lowest BCUT2D eigenvalue weighted by molar-refractivity contribution is 0.0657. The Morgan fingerprint density at radius 1 is 1.33 bits per heavy atom. The zero-order chi connectivity index (χ0) is 20.9. The third kappa shape index (κ3) is 6.08. The predicted molar refractivity (Wildman–Crippen MR) is 125 cm³/mol. The van der Waals surface area contributed by atoms with Crippen LogP contribution in [0.4, 0.5) is 0 Å². The molecular formula is C20H29IN6O3. The molecule has 0 aliphatic heterocycles. The quantitative estimate of drug-likeness (QED) is 0.201. The first-order valence-electron chi connectivity index (χ1n) is 9.66. The van der Waals surface area contributed by atoms with Crippen molar-refractivity contribution in [2.75, 3.05) is 19.6 Å². The minimum Gasteiger partial charge on any atom is -0.466 e. The minimum absolute atomic E-state index is 0. The second-order valence-electron chi connectivity index (χ2n) is 7.06. The maximum atomic E-state index is 10.8. The lowest BCUT2D eigenvalue weighted by atomic mass is 9.96. The van der Waals surface area contributed by atoms with Crippen LogP contribution in [0.3, 0.4) is 0 Å². The van der Waals surface area contributed by atoms with Crippen molar-refractivity contribution in [3.8, 4) is 11.6 Å². The summed E-state index contributed by atoms with van der Waals surface area (Å²) < 4.78 is 10.8. The fourth-order valence-electron chi connectivity index (χ4n) is 3.05. The monoisotopic (exact) mass is 528 g/mol.